The van der Waals surface area contributed by atoms with Gasteiger partial charge in [-0.1, -0.05) is 67.6 Å². The number of hydrogen-bond donors (Lipinski definition) is 1. The largest absolute Gasteiger partial charge is 0.324 e. The summed E-state index contributed by atoms with van der Waals surface area (Å²) < 4.78 is 0. The van der Waals surface area contributed by atoms with E-state index in [1.807, 2.05) is 18.5 Å². The van der Waals surface area contributed by atoms with E-state index in [-0.39, 0.29) is 6.04 Å². The molecule has 2 heteroatoms. The van der Waals surface area contributed by atoms with Crippen LogP contribution in [0.3, 0.4) is 0 Å². The lowest BCUT2D eigenvalue weighted by molar-refractivity contribution is 0.653. The fourth-order valence-electron chi connectivity index (χ4n) is 3.91. The monoisotopic (exact) mass is 366 g/mol. The molecule has 28 heavy (non-hydrogen) atoms. The predicted molar refractivity (Wildman–Crippen MR) is 118 cm³/mol. The van der Waals surface area contributed by atoms with Crippen LogP contribution in [0.25, 0.3) is 21.9 Å². The van der Waals surface area contributed by atoms with Crippen LogP contribution in [0.4, 0.5) is 0 Å². The number of rotatable bonds is 6. The molecule has 1 aromatic heterocycles. The van der Waals surface area contributed by atoms with Crippen LogP contribution in [0.2, 0.25) is 0 Å². The summed E-state index contributed by atoms with van der Waals surface area (Å²) in [6.07, 6.45) is 6.64. The number of hydrogen-bond acceptors (Lipinski definition) is 2. The quantitative estimate of drug-likeness (QED) is 0.448. The number of nitrogens with two attached hydrogens (primary N) is 1. The summed E-state index contributed by atoms with van der Waals surface area (Å²) in [5, 5.41) is 2.62. The average Bonchev–Trinajstić information content (AvgIpc) is 2.77. The molecule has 1 atom stereocenters. The maximum atomic E-state index is 6.61. The highest BCUT2D eigenvalue weighted by Gasteiger charge is 2.12. The zero-order valence-electron chi connectivity index (χ0n) is 16.3. The standard InChI is InChI=1S/C26H26N2/c1-2-19-12-13-22(17-25(19)23-10-6-16-28-18-23)26(27)15-14-21-9-5-8-20-7-3-4-11-24(20)21/h3-13,16-18,26H,2,14-15,27H2,1H3. The van der Waals surface area contributed by atoms with Crippen molar-refractivity contribution in [1.29, 1.82) is 0 Å². The van der Waals surface area contributed by atoms with Gasteiger partial charge in [0.05, 0.1) is 0 Å². The Kier molecular flexibility index (Phi) is 5.50. The first kappa shape index (κ1) is 18.4. The van der Waals surface area contributed by atoms with Gasteiger partial charge in [0.25, 0.3) is 0 Å². The van der Waals surface area contributed by atoms with Crippen molar-refractivity contribution < 1.29 is 0 Å². The third-order valence-corrected chi connectivity index (χ3v) is 5.52. The van der Waals surface area contributed by atoms with Crippen LogP contribution >= 0.6 is 0 Å². The molecule has 0 saturated carbocycles. The summed E-state index contributed by atoms with van der Waals surface area (Å²) in [6.45, 7) is 2.19. The topological polar surface area (TPSA) is 38.9 Å². The van der Waals surface area contributed by atoms with E-state index >= 15 is 0 Å². The highest BCUT2D eigenvalue weighted by Crippen LogP contribution is 2.29. The van der Waals surface area contributed by atoms with Gasteiger partial charge < -0.3 is 5.73 Å². The molecule has 0 radical (unpaired) electrons. The fraction of sp³-hybridized carbons (Fsp3) is 0.192. The summed E-state index contributed by atoms with van der Waals surface area (Å²) in [4.78, 5) is 4.28. The predicted octanol–water partition coefficient (Wildman–Crippen LogP) is 6.10. The van der Waals surface area contributed by atoms with Crippen LogP contribution in [0.5, 0.6) is 0 Å². The molecule has 0 spiro atoms. The van der Waals surface area contributed by atoms with Crippen LogP contribution in [0.1, 0.15) is 36.1 Å². The lowest BCUT2D eigenvalue weighted by Gasteiger charge is -2.16. The molecule has 1 unspecified atom stereocenters. The molecule has 0 fully saturated rings. The Hall–Kier alpha value is -2.97. The molecule has 140 valence electrons. The number of fused-ring (bicyclic) bond motifs is 1. The van der Waals surface area contributed by atoms with E-state index in [1.165, 1.54) is 33.0 Å². The second-order valence-corrected chi connectivity index (χ2v) is 7.30. The van der Waals surface area contributed by atoms with Gasteiger partial charge in [0.2, 0.25) is 0 Å². The van der Waals surface area contributed by atoms with Gasteiger partial charge in [0.15, 0.2) is 0 Å². The van der Waals surface area contributed by atoms with Gasteiger partial charge in [-0.15, -0.1) is 0 Å². The summed E-state index contributed by atoms with van der Waals surface area (Å²) in [6, 6.07) is 25.9. The Morgan fingerprint density at radius 3 is 2.57 bits per heavy atom. The minimum Gasteiger partial charge on any atom is -0.324 e. The maximum Gasteiger partial charge on any atom is 0.0346 e. The minimum atomic E-state index is 0.0142. The fourth-order valence-corrected chi connectivity index (χ4v) is 3.91. The molecule has 2 nitrogen and oxygen atoms in total. The number of pyridine rings is 1. The molecule has 4 rings (SSSR count). The summed E-state index contributed by atoms with van der Waals surface area (Å²) in [5.74, 6) is 0. The van der Waals surface area contributed by atoms with E-state index in [0.29, 0.717) is 0 Å². The van der Waals surface area contributed by atoms with Gasteiger partial charge in [0.1, 0.15) is 0 Å². The Morgan fingerprint density at radius 2 is 1.75 bits per heavy atom. The van der Waals surface area contributed by atoms with Crippen LogP contribution in [-0.4, -0.2) is 4.98 Å². The molecule has 0 aliphatic carbocycles. The molecule has 0 aliphatic heterocycles. The van der Waals surface area contributed by atoms with Crippen molar-refractivity contribution in [3.8, 4) is 11.1 Å². The Bertz CT molecular complexity index is 1060. The van der Waals surface area contributed by atoms with E-state index in [2.05, 4.69) is 78.6 Å². The summed E-state index contributed by atoms with van der Waals surface area (Å²) in [5.41, 5.74) is 12.9. The van der Waals surface area contributed by atoms with Crippen LogP contribution in [0, 0.1) is 0 Å². The van der Waals surface area contributed by atoms with Gasteiger partial charge in [-0.3, -0.25) is 4.98 Å². The van der Waals surface area contributed by atoms with Crippen molar-refractivity contribution in [2.45, 2.75) is 32.2 Å². The van der Waals surface area contributed by atoms with Gasteiger partial charge in [0, 0.05) is 24.0 Å². The van der Waals surface area contributed by atoms with Gasteiger partial charge in [-0.2, -0.15) is 0 Å². The Morgan fingerprint density at radius 1 is 0.893 bits per heavy atom. The highest BCUT2D eigenvalue weighted by molar-refractivity contribution is 5.85. The molecule has 0 saturated heterocycles. The van der Waals surface area contributed by atoms with Gasteiger partial charge in [-0.25, -0.2) is 0 Å². The van der Waals surface area contributed by atoms with Crippen LogP contribution < -0.4 is 5.73 Å². The second-order valence-electron chi connectivity index (χ2n) is 7.30. The lowest BCUT2D eigenvalue weighted by atomic mass is 9.92. The Balaban J connectivity index is 1.57. The molecule has 0 amide bonds. The van der Waals surface area contributed by atoms with E-state index in [4.69, 9.17) is 5.73 Å². The van der Waals surface area contributed by atoms with Crippen molar-refractivity contribution in [3.05, 3.63) is 102 Å². The van der Waals surface area contributed by atoms with E-state index in [9.17, 15) is 0 Å². The maximum absolute atomic E-state index is 6.61. The number of nitrogens with zero attached hydrogens (tertiary/aromatic N) is 1. The smallest absolute Gasteiger partial charge is 0.0346 e. The third kappa shape index (κ3) is 3.83. The molecule has 2 N–H and O–H groups in total. The molecule has 4 aromatic rings. The summed E-state index contributed by atoms with van der Waals surface area (Å²) >= 11 is 0. The van der Waals surface area contributed by atoms with Crippen LogP contribution in [-0.2, 0) is 12.8 Å². The zero-order chi connectivity index (χ0) is 19.3. The molecule has 3 aromatic carbocycles. The minimum absolute atomic E-state index is 0.0142. The first-order chi connectivity index (χ1) is 13.8. The van der Waals surface area contributed by atoms with Gasteiger partial charge >= 0.3 is 0 Å². The third-order valence-electron chi connectivity index (χ3n) is 5.52. The SMILES string of the molecule is CCc1ccc(C(N)CCc2cccc3ccccc23)cc1-c1cccnc1. The second kappa shape index (κ2) is 8.37. The lowest BCUT2D eigenvalue weighted by Crippen LogP contribution is -2.12. The van der Waals surface area contributed by atoms with Crippen molar-refractivity contribution in [2.24, 2.45) is 5.73 Å². The molecule has 0 aliphatic rings. The first-order valence-electron chi connectivity index (χ1n) is 10.0. The van der Waals surface area contributed by atoms with Crippen molar-refractivity contribution in [1.82, 2.24) is 4.98 Å². The van der Waals surface area contributed by atoms with Crippen molar-refractivity contribution in [2.75, 3.05) is 0 Å². The van der Waals surface area contributed by atoms with Crippen LogP contribution in [0.15, 0.2) is 85.2 Å². The van der Waals surface area contributed by atoms with Gasteiger partial charge in [-0.05, 0) is 64.4 Å². The van der Waals surface area contributed by atoms with E-state index in [1.54, 1.807) is 0 Å². The van der Waals surface area contributed by atoms with E-state index < -0.39 is 0 Å². The number of benzene rings is 3. The van der Waals surface area contributed by atoms with Crippen molar-refractivity contribution >= 4 is 10.8 Å². The highest BCUT2D eigenvalue weighted by atomic mass is 14.6. The first-order valence-corrected chi connectivity index (χ1v) is 10.0. The molecular formula is C26H26N2. The summed E-state index contributed by atoms with van der Waals surface area (Å²) in [7, 11) is 0. The molecular weight excluding hydrogens is 340 g/mol. The molecule has 1 heterocycles. The normalized spacial score (nSPS) is 12.2. The average molecular weight is 367 g/mol. The Labute approximate surface area is 167 Å². The zero-order valence-corrected chi connectivity index (χ0v) is 16.3. The number of aromatic nitrogens is 1. The molecule has 0 bridgehead atoms. The number of aryl methyl sites for hydroxylation is 2. The van der Waals surface area contributed by atoms with E-state index in [0.717, 1.165) is 24.8 Å². The van der Waals surface area contributed by atoms with Crippen molar-refractivity contribution in [3.63, 3.8) is 0 Å².